The summed E-state index contributed by atoms with van der Waals surface area (Å²) in [6.45, 7) is 1.89. The maximum absolute atomic E-state index is 12.1. The molecule has 146 valence electrons. The van der Waals surface area contributed by atoms with Crippen molar-refractivity contribution in [2.24, 2.45) is 0 Å². The smallest absolute Gasteiger partial charge is 0.337 e. The number of carbonyl (C=O) groups excluding carboxylic acids is 1. The number of methoxy groups -OCH3 is 1. The zero-order valence-electron chi connectivity index (χ0n) is 16.0. The van der Waals surface area contributed by atoms with Crippen molar-refractivity contribution in [1.82, 2.24) is 0 Å². The van der Waals surface area contributed by atoms with E-state index < -0.39 is 10.9 Å². The lowest BCUT2D eigenvalue weighted by molar-refractivity contribution is -0.385. The molecular weight excluding hydrogens is 360 g/mol. The Morgan fingerprint density at radius 1 is 1.14 bits per heavy atom. The summed E-state index contributed by atoms with van der Waals surface area (Å²) in [5.41, 5.74) is 0.906. The van der Waals surface area contributed by atoms with Gasteiger partial charge in [0, 0.05) is 24.9 Å². The Morgan fingerprint density at radius 2 is 1.79 bits per heavy atom. The largest absolute Gasteiger partial charge is 0.465 e. The molecule has 28 heavy (non-hydrogen) atoms. The molecule has 0 spiro atoms. The molecule has 0 saturated carbocycles. The first-order chi connectivity index (χ1) is 13.5. The fourth-order valence-corrected chi connectivity index (χ4v) is 2.45. The Kier molecular flexibility index (Phi) is 7.33. The third kappa shape index (κ3) is 5.20. The lowest BCUT2D eigenvalue weighted by atomic mass is 10.2. The number of hydrogen-bond donors (Lipinski definition) is 0. The highest BCUT2D eigenvalue weighted by molar-refractivity contribution is 5.91. The van der Waals surface area contributed by atoms with E-state index >= 15 is 0 Å². The number of esters is 1. The standard InChI is InChI=1S/C21H22N2O5/c1-4-10-16(21(24)27-3)15-20(22(2)17-11-6-5-7-12-17)28-19-14-9-8-13-18(19)23(25)26/h5-15H,4H2,1-3H3/b16-10-,20-15+. The molecule has 0 aliphatic carbocycles. The van der Waals surface area contributed by atoms with Crippen molar-refractivity contribution in [3.8, 4) is 5.75 Å². The van der Waals surface area contributed by atoms with E-state index in [1.165, 1.54) is 25.3 Å². The molecule has 0 saturated heterocycles. The number of nitro groups is 1. The number of anilines is 1. The molecule has 2 aromatic carbocycles. The summed E-state index contributed by atoms with van der Waals surface area (Å²) in [6.07, 6.45) is 3.82. The monoisotopic (exact) mass is 382 g/mol. The molecule has 0 aliphatic rings. The number of ether oxygens (including phenoxy) is 2. The minimum Gasteiger partial charge on any atom is -0.465 e. The molecule has 2 aromatic rings. The van der Waals surface area contributed by atoms with Crippen LogP contribution in [0.25, 0.3) is 0 Å². The van der Waals surface area contributed by atoms with E-state index in [0.717, 1.165) is 5.69 Å². The molecule has 2 rings (SSSR count). The molecule has 0 heterocycles. The van der Waals surface area contributed by atoms with E-state index in [4.69, 9.17) is 9.47 Å². The van der Waals surface area contributed by atoms with Crippen molar-refractivity contribution in [3.63, 3.8) is 0 Å². The van der Waals surface area contributed by atoms with Crippen LogP contribution >= 0.6 is 0 Å². The van der Waals surface area contributed by atoms with Crippen molar-refractivity contribution < 1.29 is 19.2 Å². The zero-order chi connectivity index (χ0) is 20.5. The molecule has 0 atom stereocenters. The molecule has 0 bridgehead atoms. The first-order valence-corrected chi connectivity index (χ1v) is 8.68. The molecule has 0 radical (unpaired) electrons. The highest BCUT2D eigenvalue weighted by Crippen LogP contribution is 2.30. The van der Waals surface area contributed by atoms with Crippen LogP contribution in [0.5, 0.6) is 5.75 Å². The van der Waals surface area contributed by atoms with Gasteiger partial charge in [0.05, 0.1) is 17.6 Å². The Balaban J connectivity index is 2.53. The SMILES string of the molecule is CC/C=C(/C=C(/Oc1ccccc1[N+](=O)[O-])N(C)c1ccccc1)C(=O)OC. The summed E-state index contributed by atoms with van der Waals surface area (Å²) in [5.74, 6) is -0.209. The van der Waals surface area contributed by atoms with E-state index in [1.807, 2.05) is 37.3 Å². The Bertz CT molecular complexity index is 891. The number of rotatable bonds is 8. The first-order valence-electron chi connectivity index (χ1n) is 8.68. The maximum atomic E-state index is 12.1. The van der Waals surface area contributed by atoms with E-state index in [-0.39, 0.29) is 17.3 Å². The predicted octanol–water partition coefficient (Wildman–Crippen LogP) is 4.46. The van der Waals surface area contributed by atoms with Gasteiger partial charge in [-0.05, 0) is 24.6 Å². The van der Waals surface area contributed by atoms with Crippen molar-refractivity contribution in [2.75, 3.05) is 19.1 Å². The Hall–Kier alpha value is -3.61. The quantitative estimate of drug-likeness (QED) is 0.167. The number of nitrogens with zero attached hydrogens (tertiary/aromatic N) is 2. The van der Waals surface area contributed by atoms with Gasteiger partial charge in [0.25, 0.3) is 0 Å². The van der Waals surface area contributed by atoms with Gasteiger partial charge in [0.1, 0.15) is 0 Å². The molecule has 7 nitrogen and oxygen atoms in total. The normalized spacial score (nSPS) is 11.7. The van der Waals surface area contributed by atoms with Crippen LogP contribution in [0.1, 0.15) is 13.3 Å². The Labute approximate surface area is 163 Å². The number of hydrogen-bond acceptors (Lipinski definition) is 6. The molecular formula is C21H22N2O5. The number of para-hydroxylation sites is 3. The van der Waals surface area contributed by atoms with Gasteiger partial charge in [-0.25, -0.2) is 4.79 Å². The van der Waals surface area contributed by atoms with Gasteiger partial charge in [-0.1, -0.05) is 43.3 Å². The molecule has 0 amide bonds. The fourth-order valence-electron chi connectivity index (χ4n) is 2.45. The highest BCUT2D eigenvalue weighted by Gasteiger charge is 2.19. The van der Waals surface area contributed by atoms with Crippen LogP contribution in [-0.4, -0.2) is 25.1 Å². The average Bonchev–Trinajstić information content (AvgIpc) is 2.72. The van der Waals surface area contributed by atoms with Crippen LogP contribution in [0.3, 0.4) is 0 Å². The number of carbonyl (C=O) groups is 1. The van der Waals surface area contributed by atoms with E-state index in [0.29, 0.717) is 12.0 Å². The summed E-state index contributed by atoms with van der Waals surface area (Å²) >= 11 is 0. The van der Waals surface area contributed by atoms with Gasteiger partial charge in [0.15, 0.2) is 0 Å². The van der Waals surface area contributed by atoms with Crippen LogP contribution in [-0.2, 0) is 9.53 Å². The van der Waals surface area contributed by atoms with Crippen LogP contribution in [0.2, 0.25) is 0 Å². The van der Waals surface area contributed by atoms with Crippen LogP contribution in [0, 0.1) is 10.1 Å². The topological polar surface area (TPSA) is 81.9 Å². The number of benzene rings is 2. The van der Waals surface area contributed by atoms with Crippen LogP contribution < -0.4 is 9.64 Å². The van der Waals surface area contributed by atoms with Gasteiger partial charge < -0.3 is 14.4 Å². The maximum Gasteiger partial charge on any atom is 0.337 e. The van der Waals surface area contributed by atoms with Gasteiger partial charge >= 0.3 is 11.7 Å². The summed E-state index contributed by atoms with van der Waals surface area (Å²) in [4.78, 5) is 24.6. The van der Waals surface area contributed by atoms with Crippen LogP contribution in [0.4, 0.5) is 11.4 Å². The molecule has 7 heteroatoms. The molecule has 0 unspecified atom stereocenters. The summed E-state index contributed by atoms with van der Waals surface area (Å²) in [6, 6.07) is 15.4. The van der Waals surface area contributed by atoms with Gasteiger partial charge in [-0.3, -0.25) is 10.1 Å². The van der Waals surface area contributed by atoms with Gasteiger partial charge in [-0.15, -0.1) is 0 Å². The molecule has 0 fully saturated rings. The molecule has 0 aromatic heterocycles. The van der Waals surface area contributed by atoms with Gasteiger partial charge in [0.2, 0.25) is 11.6 Å². The second-order valence-corrected chi connectivity index (χ2v) is 5.76. The lowest BCUT2D eigenvalue weighted by Gasteiger charge is -2.23. The second-order valence-electron chi connectivity index (χ2n) is 5.76. The zero-order valence-corrected chi connectivity index (χ0v) is 16.0. The fraction of sp³-hybridized carbons (Fsp3) is 0.190. The summed E-state index contributed by atoms with van der Waals surface area (Å²) in [7, 11) is 3.04. The predicted molar refractivity (Wildman–Crippen MR) is 107 cm³/mol. The minimum absolute atomic E-state index is 0.0715. The third-order valence-corrected chi connectivity index (χ3v) is 3.87. The summed E-state index contributed by atoms with van der Waals surface area (Å²) < 4.78 is 10.7. The summed E-state index contributed by atoms with van der Waals surface area (Å²) in [5, 5.41) is 11.3. The van der Waals surface area contributed by atoms with Crippen molar-refractivity contribution in [2.45, 2.75) is 13.3 Å². The van der Waals surface area contributed by atoms with Crippen molar-refractivity contribution >= 4 is 17.3 Å². The highest BCUT2D eigenvalue weighted by atomic mass is 16.6. The van der Waals surface area contributed by atoms with E-state index in [1.54, 1.807) is 30.2 Å². The third-order valence-electron chi connectivity index (χ3n) is 3.87. The second kappa shape index (κ2) is 9.91. The van der Waals surface area contributed by atoms with E-state index in [2.05, 4.69) is 0 Å². The average molecular weight is 382 g/mol. The molecule has 0 N–H and O–H groups in total. The van der Waals surface area contributed by atoms with Crippen molar-refractivity contribution in [1.29, 1.82) is 0 Å². The first kappa shape index (κ1) is 20.7. The molecule has 0 aliphatic heterocycles. The minimum atomic E-state index is -0.521. The lowest BCUT2D eigenvalue weighted by Crippen LogP contribution is -2.22. The Morgan fingerprint density at radius 3 is 2.39 bits per heavy atom. The van der Waals surface area contributed by atoms with Gasteiger partial charge in [-0.2, -0.15) is 0 Å². The van der Waals surface area contributed by atoms with Crippen molar-refractivity contribution in [3.05, 3.63) is 88.3 Å². The van der Waals surface area contributed by atoms with E-state index in [9.17, 15) is 14.9 Å². The number of allylic oxidation sites excluding steroid dienone is 1. The van der Waals surface area contributed by atoms with Crippen LogP contribution in [0.15, 0.2) is 78.2 Å². The number of nitro benzene ring substituents is 1.